The van der Waals surface area contributed by atoms with Crippen LogP contribution < -0.4 is 5.32 Å². The summed E-state index contributed by atoms with van der Waals surface area (Å²) in [6.07, 6.45) is 2.81. The van der Waals surface area contributed by atoms with Crippen molar-refractivity contribution in [2.24, 2.45) is 5.92 Å². The van der Waals surface area contributed by atoms with Crippen LogP contribution in [0.4, 0.5) is 0 Å². The number of aromatic nitrogens is 2. The van der Waals surface area contributed by atoms with Gasteiger partial charge in [0.05, 0.1) is 12.0 Å². The van der Waals surface area contributed by atoms with E-state index < -0.39 is 0 Å². The Kier molecular flexibility index (Phi) is 3.78. The van der Waals surface area contributed by atoms with Crippen LogP contribution in [0.5, 0.6) is 0 Å². The molecule has 0 spiro atoms. The summed E-state index contributed by atoms with van der Waals surface area (Å²) < 4.78 is 2.08. The first-order valence-electron chi connectivity index (χ1n) is 7.48. The first kappa shape index (κ1) is 13.9. The fourth-order valence-electron chi connectivity index (χ4n) is 2.75. The van der Waals surface area contributed by atoms with Crippen LogP contribution in [0.3, 0.4) is 0 Å². The standard InChI is InChI=1S/C17H21N3O/c1-12-13(2)20(11-19-12)9-8-18-17(21)16-10-15(16)14-6-4-3-5-7-14/h3-7,11,15-16H,8-10H2,1-2H3,(H,18,21)/t15-,16+/m0/s1. The highest BCUT2D eigenvalue weighted by molar-refractivity contribution is 5.82. The Morgan fingerprint density at radius 2 is 2.10 bits per heavy atom. The molecule has 1 N–H and O–H groups in total. The molecule has 4 heteroatoms. The first-order valence-corrected chi connectivity index (χ1v) is 7.48. The van der Waals surface area contributed by atoms with E-state index in [2.05, 4.69) is 33.9 Å². The smallest absolute Gasteiger partial charge is 0.223 e. The predicted octanol–water partition coefficient (Wildman–Crippen LogP) is 2.42. The lowest BCUT2D eigenvalue weighted by Crippen LogP contribution is -2.29. The van der Waals surface area contributed by atoms with Crippen molar-refractivity contribution in [1.29, 1.82) is 0 Å². The molecule has 4 nitrogen and oxygen atoms in total. The highest BCUT2D eigenvalue weighted by Crippen LogP contribution is 2.47. The third kappa shape index (κ3) is 2.99. The molecule has 3 rings (SSSR count). The maximum absolute atomic E-state index is 12.1. The zero-order valence-electron chi connectivity index (χ0n) is 12.5. The molecule has 1 aliphatic carbocycles. The van der Waals surface area contributed by atoms with E-state index >= 15 is 0 Å². The summed E-state index contributed by atoms with van der Waals surface area (Å²) in [5.41, 5.74) is 3.49. The van der Waals surface area contributed by atoms with E-state index in [4.69, 9.17) is 0 Å². The van der Waals surface area contributed by atoms with Gasteiger partial charge in [0.25, 0.3) is 0 Å². The van der Waals surface area contributed by atoms with Crippen LogP contribution in [-0.4, -0.2) is 22.0 Å². The minimum Gasteiger partial charge on any atom is -0.354 e. The molecule has 2 aromatic rings. The number of hydrogen-bond donors (Lipinski definition) is 1. The predicted molar refractivity (Wildman–Crippen MR) is 82.0 cm³/mol. The highest BCUT2D eigenvalue weighted by Gasteiger charge is 2.43. The van der Waals surface area contributed by atoms with Crippen molar-refractivity contribution in [3.63, 3.8) is 0 Å². The third-order valence-electron chi connectivity index (χ3n) is 4.35. The average molecular weight is 283 g/mol. The molecule has 0 bridgehead atoms. The van der Waals surface area contributed by atoms with Crippen molar-refractivity contribution in [3.8, 4) is 0 Å². The second-order valence-corrected chi connectivity index (χ2v) is 5.76. The molecule has 1 fully saturated rings. The summed E-state index contributed by atoms with van der Waals surface area (Å²) in [4.78, 5) is 16.4. The molecule has 1 aromatic heterocycles. The summed E-state index contributed by atoms with van der Waals surface area (Å²) in [6, 6.07) is 10.3. The molecule has 110 valence electrons. The number of hydrogen-bond acceptors (Lipinski definition) is 2. The van der Waals surface area contributed by atoms with E-state index in [9.17, 15) is 4.79 Å². The first-order chi connectivity index (χ1) is 10.2. The van der Waals surface area contributed by atoms with Gasteiger partial charge in [0.15, 0.2) is 0 Å². The normalized spacial score (nSPS) is 20.3. The number of carbonyl (C=O) groups excluding carboxylic acids is 1. The molecular weight excluding hydrogens is 262 g/mol. The van der Waals surface area contributed by atoms with Gasteiger partial charge in [-0.05, 0) is 31.7 Å². The molecule has 0 radical (unpaired) electrons. The number of rotatable bonds is 5. The van der Waals surface area contributed by atoms with Gasteiger partial charge in [0.1, 0.15) is 0 Å². The highest BCUT2D eigenvalue weighted by atomic mass is 16.2. The van der Waals surface area contributed by atoms with Crippen molar-refractivity contribution in [3.05, 3.63) is 53.6 Å². The Morgan fingerprint density at radius 1 is 1.33 bits per heavy atom. The van der Waals surface area contributed by atoms with Gasteiger partial charge >= 0.3 is 0 Å². The molecule has 0 aliphatic heterocycles. The van der Waals surface area contributed by atoms with Crippen LogP contribution in [-0.2, 0) is 11.3 Å². The van der Waals surface area contributed by atoms with Crippen LogP contribution >= 0.6 is 0 Å². The molecule has 1 heterocycles. The van der Waals surface area contributed by atoms with Gasteiger partial charge in [-0.2, -0.15) is 0 Å². The zero-order chi connectivity index (χ0) is 14.8. The number of nitrogens with one attached hydrogen (secondary N) is 1. The minimum atomic E-state index is 0.151. The van der Waals surface area contributed by atoms with Crippen molar-refractivity contribution in [1.82, 2.24) is 14.9 Å². The maximum atomic E-state index is 12.1. The Morgan fingerprint density at radius 3 is 2.76 bits per heavy atom. The second-order valence-electron chi connectivity index (χ2n) is 5.76. The number of amides is 1. The van der Waals surface area contributed by atoms with Crippen LogP contribution in [0.25, 0.3) is 0 Å². The number of nitrogens with zero attached hydrogens (tertiary/aromatic N) is 2. The molecule has 0 saturated heterocycles. The van der Waals surface area contributed by atoms with Crippen LogP contribution in [0, 0.1) is 19.8 Å². The maximum Gasteiger partial charge on any atom is 0.223 e. The molecule has 21 heavy (non-hydrogen) atoms. The minimum absolute atomic E-state index is 0.151. The van der Waals surface area contributed by atoms with Crippen LogP contribution in [0.2, 0.25) is 0 Å². The van der Waals surface area contributed by atoms with E-state index in [0.29, 0.717) is 12.5 Å². The molecule has 1 aliphatic rings. The van der Waals surface area contributed by atoms with E-state index in [1.807, 2.05) is 31.5 Å². The summed E-state index contributed by atoms with van der Waals surface area (Å²) >= 11 is 0. The van der Waals surface area contributed by atoms with E-state index in [0.717, 1.165) is 24.4 Å². The number of aryl methyl sites for hydroxylation is 1. The van der Waals surface area contributed by atoms with Crippen LogP contribution in [0.1, 0.15) is 29.3 Å². The zero-order valence-corrected chi connectivity index (χ0v) is 12.5. The number of benzene rings is 1. The van der Waals surface area contributed by atoms with Crippen molar-refractivity contribution >= 4 is 5.91 Å². The molecule has 0 unspecified atom stereocenters. The Labute approximate surface area is 125 Å². The van der Waals surface area contributed by atoms with Gasteiger partial charge in [-0.3, -0.25) is 4.79 Å². The molecular formula is C17H21N3O. The topological polar surface area (TPSA) is 46.9 Å². The summed E-state index contributed by atoms with van der Waals surface area (Å²) in [6.45, 7) is 5.49. The average Bonchev–Trinajstić information content (AvgIpc) is 3.25. The fourth-order valence-corrected chi connectivity index (χ4v) is 2.75. The number of carbonyl (C=O) groups is 1. The second kappa shape index (κ2) is 5.72. The lowest BCUT2D eigenvalue weighted by Gasteiger charge is -2.07. The Hall–Kier alpha value is -2.10. The molecule has 2 atom stereocenters. The van der Waals surface area contributed by atoms with E-state index in [-0.39, 0.29) is 11.8 Å². The van der Waals surface area contributed by atoms with Gasteiger partial charge < -0.3 is 9.88 Å². The quantitative estimate of drug-likeness (QED) is 0.916. The lowest BCUT2D eigenvalue weighted by atomic mass is 10.1. The molecule has 1 saturated carbocycles. The van der Waals surface area contributed by atoms with E-state index in [1.54, 1.807) is 0 Å². The van der Waals surface area contributed by atoms with Crippen molar-refractivity contribution in [2.75, 3.05) is 6.54 Å². The largest absolute Gasteiger partial charge is 0.354 e. The van der Waals surface area contributed by atoms with Crippen LogP contribution in [0.15, 0.2) is 36.7 Å². The van der Waals surface area contributed by atoms with Crippen molar-refractivity contribution < 1.29 is 4.79 Å². The monoisotopic (exact) mass is 283 g/mol. The number of imidazole rings is 1. The van der Waals surface area contributed by atoms with Crippen molar-refractivity contribution in [2.45, 2.75) is 32.7 Å². The fraction of sp³-hybridized carbons (Fsp3) is 0.412. The Balaban J connectivity index is 1.47. The lowest BCUT2D eigenvalue weighted by molar-refractivity contribution is -0.122. The van der Waals surface area contributed by atoms with Gasteiger partial charge in [-0.15, -0.1) is 0 Å². The van der Waals surface area contributed by atoms with Gasteiger partial charge in [-0.25, -0.2) is 4.98 Å². The van der Waals surface area contributed by atoms with E-state index in [1.165, 1.54) is 5.56 Å². The van der Waals surface area contributed by atoms with Gasteiger partial charge in [0.2, 0.25) is 5.91 Å². The Bertz CT molecular complexity index is 633. The summed E-state index contributed by atoms with van der Waals surface area (Å²) in [5.74, 6) is 0.736. The molecule has 1 amide bonds. The summed E-state index contributed by atoms with van der Waals surface area (Å²) in [7, 11) is 0. The summed E-state index contributed by atoms with van der Waals surface area (Å²) in [5, 5.41) is 3.04. The van der Waals surface area contributed by atoms with Gasteiger partial charge in [-0.1, -0.05) is 30.3 Å². The van der Waals surface area contributed by atoms with Gasteiger partial charge in [0, 0.05) is 24.7 Å². The third-order valence-corrected chi connectivity index (χ3v) is 4.35. The SMILES string of the molecule is Cc1ncn(CCNC(=O)[C@@H]2C[C@H]2c2ccccc2)c1C. The molecule has 1 aromatic carbocycles.